The van der Waals surface area contributed by atoms with Crippen LogP contribution in [0, 0.1) is 0 Å². The normalized spacial score (nSPS) is 18.4. The van der Waals surface area contributed by atoms with Gasteiger partial charge in [-0.2, -0.15) is 17.0 Å². The lowest BCUT2D eigenvalue weighted by Crippen LogP contribution is -2.52. The summed E-state index contributed by atoms with van der Waals surface area (Å²) in [6, 6.07) is 0. The largest absolute Gasteiger partial charge is 0.383 e. The van der Waals surface area contributed by atoms with Crippen LogP contribution in [-0.4, -0.2) is 83.7 Å². The summed E-state index contributed by atoms with van der Waals surface area (Å²) in [5.41, 5.74) is 0. The van der Waals surface area contributed by atoms with E-state index in [1.165, 1.54) is 8.61 Å². The van der Waals surface area contributed by atoms with Crippen molar-refractivity contribution in [3.05, 3.63) is 0 Å². The summed E-state index contributed by atoms with van der Waals surface area (Å²) in [4.78, 5) is 0. The van der Waals surface area contributed by atoms with Gasteiger partial charge in [0.05, 0.1) is 13.2 Å². The van der Waals surface area contributed by atoms with Crippen molar-refractivity contribution in [2.24, 2.45) is 0 Å². The lowest BCUT2D eigenvalue weighted by Gasteiger charge is -2.32. The predicted octanol–water partition coefficient (Wildman–Crippen LogP) is -1.27. The molecule has 1 N–H and O–H groups in total. The van der Waals surface area contributed by atoms with Crippen molar-refractivity contribution in [2.75, 3.05) is 66.7 Å². The van der Waals surface area contributed by atoms with Crippen LogP contribution < -0.4 is 5.32 Å². The smallest absolute Gasteiger partial charge is 0.282 e. The van der Waals surface area contributed by atoms with Gasteiger partial charge in [-0.25, -0.2) is 0 Å². The fourth-order valence-corrected chi connectivity index (χ4v) is 3.35. The summed E-state index contributed by atoms with van der Waals surface area (Å²) in [5.74, 6) is 0. The number of rotatable bonds is 8. The third-order valence-corrected chi connectivity index (χ3v) is 4.85. The van der Waals surface area contributed by atoms with Crippen molar-refractivity contribution in [3.63, 3.8) is 0 Å². The van der Waals surface area contributed by atoms with E-state index < -0.39 is 10.2 Å². The lowest BCUT2D eigenvalue weighted by atomic mass is 10.4. The molecule has 0 aromatic carbocycles. The molecule has 0 atom stereocenters. The Balaban J connectivity index is 2.66. The van der Waals surface area contributed by atoms with Gasteiger partial charge in [0.25, 0.3) is 10.2 Å². The molecule has 1 aliphatic rings. The summed E-state index contributed by atoms with van der Waals surface area (Å²) >= 11 is 0. The highest BCUT2D eigenvalue weighted by Gasteiger charge is 2.29. The molecule has 1 fully saturated rings. The van der Waals surface area contributed by atoms with Crippen molar-refractivity contribution in [2.45, 2.75) is 0 Å². The maximum absolute atomic E-state index is 12.4. The molecule has 0 bridgehead atoms. The first-order valence-electron chi connectivity index (χ1n) is 6.06. The third kappa shape index (κ3) is 4.45. The first-order valence-corrected chi connectivity index (χ1v) is 7.46. The predicted molar refractivity (Wildman–Crippen MR) is 68.7 cm³/mol. The van der Waals surface area contributed by atoms with Gasteiger partial charge in [-0.3, -0.25) is 0 Å². The van der Waals surface area contributed by atoms with Gasteiger partial charge >= 0.3 is 0 Å². The van der Waals surface area contributed by atoms with Crippen LogP contribution >= 0.6 is 0 Å². The fourth-order valence-electron chi connectivity index (χ4n) is 1.77. The number of piperazine rings is 1. The number of nitrogens with one attached hydrogen (secondary N) is 1. The highest BCUT2D eigenvalue weighted by Crippen LogP contribution is 2.09. The Labute approximate surface area is 109 Å². The van der Waals surface area contributed by atoms with Crippen LogP contribution in [0.15, 0.2) is 0 Å². The molecule has 1 rings (SSSR count). The molecule has 7 nitrogen and oxygen atoms in total. The number of ether oxygens (including phenoxy) is 2. The summed E-state index contributed by atoms with van der Waals surface area (Å²) in [6.45, 7) is 3.89. The van der Waals surface area contributed by atoms with Crippen molar-refractivity contribution < 1.29 is 17.9 Å². The molecule has 0 aromatic heterocycles. The molecule has 1 aliphatic heterocycles. The Morgan fingerprint density at radius 3 is 2.06 bits per heavy atom. The van der Waals surface area contributed by atoms with Crippen molar-refractivity contribution in [1.29, 1.82) is 0 Å². The molecule has 8 heteroatoms. The Kier molecular flexibility index (Phi) is 7.05. The molecule has 0 unspecified atom stereocenters. The standard InChI is InChI=1S/C10H23N3O4S/c1-16-9-7-13(8-10-17-2)18(14,15)12-5-3-11-4-6-12/h11H,3-10H2,1-2H3. The monoisotopic (exact) mass is 281 g/mol. The number of methoxy groups -OCH3 is 2. The van der Waals surface area contributed by atoms with Crippen LogP contribution in [-0.2, 0) is 19.7 Å². The first-order chi connectivity index (χ1) is 8.62. The van der Waals surface area contributed by atoms with E-state index in [1.807, 2.05) is 0 Å². The van der Waals surface area contributed by atoms with Crippen molar-refractivity contribution in [3.8, 4) is 0 Å². The molecule has 0 spiro atoms. The molecule has 18 heavy (non-hydrogen) atoms. The van der Waals surface area contributed by atoms with E-state index >= 15 is 0 Å². The van der Waals surface area contributed by atoms with Gasteiger partial charge in [-0.1, -0.05) is 0 Å². The zero-order valence-electron chi connectivity index (χ0n) is 11.1. The Bertz CT molecular complexity index is 309. The van der Waals surface area contributed by atoms with Crippen LogP contribution in [0.5, 0.6) is 0 Å². The quantitative estimate of drug-likeness (QED) is 0.601. The van der Waals surface area contributed by atoms with Gasteiger partial charge in [0.2, 0.25) is 0 Å². The van der Waals surface area contributed by atoms with E-state index in [0.29, 0.717) is 52.5 Å². The number of nitrogens with zero attached hydrogens (tertiary/aromatic N) is 2. The highest BCUT2D eigenvalue weighted by molar-refractivity contribution is 7.86. The van der Waals surface area contributed by atoms with Crippen LogP contribution in [0.1, 0.15) is 0 Å². The number of hydrogen-bond acceptors (Lipinski definition) is 5. The van der Waals surface area contributed by atoms with E-state index in [2.05, 4.69) is 5.32 Å². The van der Waals surface area contributed by atoms with E-state index in [1.54, 1.807) is 14.2 Å². The van der Waals surface area contributed by atoms with Gasteiger partial charge in [-0.05, 0) is 0 Å². The molecule has 0 radical (unpaired) electrons. The fraction of sp³-hybridized carbons (Fsp3) is 1.00. The van der Waals surface area contributed by atoms with Gasteiger partial charge in [0.15, 0.2) is 0 Å². The maximum atomic E-state index is 12.4. The minimum absolute atomic E-state index is 0.353. The molecule has 108 valence electrons. The van der Waals surface area contributed by atoms with Crippen LogP contribution in [0.4, 0.5) is 0 Å². The molecular weight excluding hydrogens is 258 g/mol. The van der Waals surface area contributed by atoms with Gasteiger partial charge in [0, 0.05) is 53.5 Å². The molecule has 1 saturated heterocycles. The third-order valence-electron chi connectivity index (χ3n) is 2.82. The molecule has 0 aromatic rings. The zero-order valence-corrected chi connectivity index (χ0v) is 11.9. The molecule has 0 amide bonds. The molecule has 0 aliphatic carbocycles. The second-order valence-corrected chi connectivity index (χ2v) is 5.97. The minimum Gasteiger partial charge on any atom is -0.383 e. The van der Waals surface area contributed by atoms with E-state index in [-0.39, 0.29) is 0 Å². The van der Waals surface area contributed by atoms with Gasteiger partial charge < -0.3 is 14.8 Å². The van der Waals surface area contributed by atoms with E-state index in [4.69, 9.17) is 9.47 Å². The van der Waals surface area contributed by atoms with Crippen LogP contribution in [0.25, 0.3) is 0 Å². The Morgan fingerprint density at radius 2 is 1.61 bits per heavy atom. The summed E-state index contributed by atoms with van der Waals surface area (Å²) in [5, 5.41) is 3.14. The van der Waals surface area contributed by atoms with Crippen LogP contribution in [0.2, 0.25) is 0 Å². The maximum Gasteiger partial charge on any atom is 0.282 e. The minimum atomic E-state index is -3.40. The molecule has 1 heterocycles. The van der Waals surface area contributed by atoms with E-state index in [0.717, 1.165) is 0 Å². The van der Waals surface area contributed by atoms with Crippen molar-refractivity contribution >= 4 is 10.2 Å². The lowest BCUT2D eigenvalue weighted by molar-refractivity contribution is 0.146. The summed E-state index contributed by atoms with van der Waals surface area (Å²) < 4.78 is 37.7. The average Bonchev–Trinajstić information content (AvgIpc) is 2.39. The summed E-state index contributed by atoms with van der Waals surface area (Å²) in [6.07, 6.45) is 0. The zero-order chi connectivity index (χ0) is 13.4. The average molecular weight is 281 g/mol. The van der Waals surface area contributed by atoms with Gasteiger partial charge in [-0.15, -0.1) is 0 Å². The highest BCUT2D eigenvalue weighted by atomic mass is 32.2. The first kappa shape index (κ1) is 15.8. The van der Waals surface area contributed by atoms with Crippen molar-refractivity contribution in [1.82, 2.24) is 13.9 Å². The SMILES string of the molecule is COCCN(CCOC)S(=O)(=O)N1CCNCC1. The second-order valence-electron chi connectivity index (χ2n) is 4.04. The topological polar surface area (TPSA) is 71.1 Å². The number of hydrogen-bond donors (Lipinski definition) is 1. The Morgan fingerprint density at radius 1 is 1.11 bits per heavy atom. The van der Waals surface area contributed by atoms with E-state index in [9.17, 15) is 8.42 Å². The molecule has 0 saturated carbocycles. The Hall–Kier alpha value is -0.250. The summed E-state index contributed by atoms with van der Waals surface area (Å²) in [7, 11) is -0.279. The second kappa shape index (κ2) is 8.03. The van der Waals surface area contributed by atoms with Gasteiger partial charge in [0.1, 0.15) is 0 Å². The molecular formula is C10H23N3O4S. The van der Waals surface area contributed by atoms with Crippen LogP contribution in [0.3, 0.4) is 0 Å².